The first kappa shape index (κ1) is 17.0. The van der Waals surface area contributed by atoms with Gasteiger partial charge in [-0.3, -0.25) is 0 Å². The third-order valence-corrected chi connectivity index (χ3v) is 3.08. The lowest BCUT2D eigenvalue weighted by Gasteiger charge is -2.19. The minimum Gasteiger partial charge on any atom is -0.462 e. The van der Waals surface area contributed by atoms with E-state index in [1.165, 1.54) is 0 Å². The zero-order valence-electron chi connectivity index (χ0n) is 13.2. The molecule has 0 aliphatic heterocycles. The van der Waals surface area contributed by atoms with Crippen LogP contribution in [0.4, 0.5) is 0 Å². The molecular weight excluding hydrogens is 274 g/mol. The number of ether oxygens (including phenoxy) is 1. The zero-order valence-corrected chi connectivity index (χ0v) is 14.0. The van der Waals surface area contributed by atoms with Gasteiger partial charge in [-0.05, 0) is 24.0 Å². The highest BCUT2D eigenvalue weighted by molar-refractivity contribution is 6.29. The standard InChI is InChI=1S/C16H24ClNO2/c1-15(2,3)7-8-20-14(19)11-9-12(16(4,5)6)18-13(17)10-11/h9-10H,7-8H2,1-6H3. The van der Waals surface area contributed by atoms with E-state index < -0.39 is 0 Å². The summed E-state index contributed by atoms with van der Waals surface area (Å²) in [7, 11) is 0. The van der Waals surface area contributed by atoms with Crippen molar-refractivity contribution in [1.29, 1.82) is 0 Å². The lowest BCUT2D eigenvalue weighted by atomic mass is 9.91. The summed E-state index contributed by atoms with van der Waals surface area (Å²) in [6, 6.07) is 3.31. The molecule has 0 aliphatic rings. The molecule has 3 nitrogen and oxygen atoms in total. The number of rotatable bonds is 3. The lowest BCUT2D eigenvalue weighted by Crippen LogP contribution is -2.17. The Bertz CT molecular complexity index is 484. The number of aromatic nitrogens is 1. The van der Waals surface area contributed by atoms with Crippen molar-refractivity contribution in [3.63, 3.8) is 0 Å². The Balaban J connectivity index is 2.81. The molecule has 20 heavy (non-hydrogen) atoms. The summed E-state index contributed by atoms with van der Waals surface area (Å²) in [6.45, 7) is 12.8. The van der Waals surface area contributed by atoms with Gasteiger partial charge in [-0.15, -0.1) is 0 Å². The first-order valence-electron chi connectivity index (χ1n) is 6.84. The van der Waals surface area contributed by atoms with Gasteiger partial charge in [0, 0.05) is 11.1 Å². The van der Waals surface area contributed by atoms with E-state index in [0.717, 1.165) is 12.1 Å². The highest BCUT2D eigenvalue weighted by Gasteiger charge is 2.20. The maximum atomic E-state index is 12.1. The van der Waals surface area contributed by atoms with Crippen LogP contribution in [-0.4, -0.2) is 17.6 Å². The second-order valence-electron chi connectivity index (χ2n) is 7.26. The summed E-state index contributed by atoms with van der Waals surface area (Å²) >= 11 is 5.99. The first-order valence-corrected chi connectivity index (χ1v) is 7.22. The molecule has 0 aromatic carbocycles. The minimum atomic E-state index is -0.343. The number of hydrogen-bond acceptors (Lipinski definition) is 3. The summed E-state index contributed by atoms with van der Waals surface area (Å²) in [5.74, 6) is -0.343. The molecule has 1 heterocycles. The number of esters is 1. The van der Waals surface area contributed by atoms with Gasteiger partial charge in [-0.25, -0.2) is 9.78 Å². The molecule has 0 fully saturated rings. The number of carbonyl (C=O) groups is 1. The van der Waals surface area contributed by atoms with Crippen molar-refractivity contribution in [2.24, 2.45) is 5.41 Å². The van der Waals surface area contributed by atoms with Gasteiger partial charge in [0.2, 0.25) is 0 Å². The fourth-order valence-electron chi connectivity index (χ4n) is 1.53. The maximum Gasteiger partial charge on any atom is 0.338 e. The number of halogens is 1. The van der Waals surface area contributed by atoms with Crippen LogP contribution in [0.1, 0.15) is 64.0 Å². The van der Waals surface area contributed by atoms with Crippen LogP contribution in [0.15, 0.2) is 12.1 Å². The summed E-state index contributed by atoms with van der Waals surface area (Å²) in [5, 5.41) is 0.320. The van der Waals surface area contributed by atoms with Crippen LogP contribution < -0.4 is 0 Å². The Morgan fingerprint density at radius 3 is 2.30 bits per heavy atom. The van der Waals surface area contributed by atoms with Gasteiger partial charge >= 0.3 is 5.97 Å². The minimum absolute atomic E-state index is 0.146. The Morgan fingerprint density at radius 1 is 1.20 bits per heavy atom. The Labute approximate surface area is 126 Å². The molecule has 0 N–H and O–H groups in total. The molecule has 0 saturated heterocycles. The third-order valence-electron chi connectivity index (χ3n) is 2.88. The number of pyridine rings is 1. The zero-order chi connectivity index (χ0) is 15.6. The fraction of sp³-hybridized carbons (Fsp3) is 0.625. The Hall–Kier alpha value is -1.09. The molecule has 1 aromatic rings. The molecule has 1 rings (SSSR count). The number of hydrogen-bond donors (Lipinski definition) is 0. The van der Waals surface area contributed by atoms with Crippen molar-refractivity contribution in [3.8, 4) is 0 Å². The van der Waals surface area contributed by atoms with E-state index in [9.17, 15) is 4.79 Å². The molecule has 4 heteroatoms. The van der Waals surface area contributed by atoms with Crippen LogP contribution >= 0.6 is 11.6 Å². The average Bonchev–Trinajstić information content (AvgIpc) is 2.25. The quantitative estimate of drug-likeness (QED) is 0.603. The van der Waals surface area contributed by atoms with Crippen LogP contribution in [0.5, 0.6) is 0 Å². The van der Waals surface area contributed by atoms with Gasteiger partial charge in [-0.1, -0.05) is 53.1 Å². The molecule has 0 saturated carbocycles. The highest BCUT2D eigenvalue weighted by atomic mass is 35.5. The number of nitrogens with zero attached hydrogens (tertiary/aromatic N) is 1. The largest absolute Gasteiger partial charge is 0.462 e. The topological polar surface area (TPSA) is 39.2 Å². The highest BCUT2D eigenvalue weighted by Crippen LogP contribution is 2.24. The van der Waals surface area contributed by atoms with E-state index in [1.54, 1.807) is 12.1 Å². The fourth-order valence-corrected chi connectivity index (χ4v) is 1.74. The van der Waals surface area contributed by atoms with Gasteiger partial charge in [0.1, 0.15) is 5.15 Å². The van der Waals surface area contributed by atoms with Crippen molar-refractivity contribution in [2.45, 2.75) is 53.4 Å². The van der Waals surface area contributed by atoms with Crippen molar-refractivity contribution >= 4 is 17.6 Å². The molecule has 0 unspecified atom stereocenters. The average molecular weight is 298 g/mol. The van der Waals surface area contributed by atoms with Gasteiger partial charge in [0.15, 0.2) is 0 Å². The van der Waals surface area contributed by atoms with Crippen LogP contribution in [0, 0.1) is 5.41 Å². The first-order chi connectivity index (χ1) is 8.99. The second kappa shape index (κ2) is 6.13. The molecule has 0 amide bonds. The predicted molar refractivity (Wildman–Crippen MR) is 82.3 cm³/mol. The van der Waals surface area contributed by atoms with Crippen LogP contribution in [0.2, 0.25) is 5.15 Å². The van der Waals surface area contributed by atoms with Crippen LogP contribution in [-0.2, 0) is 10.2 Å². The van der Waals surface area contributed by atoms with E-state index in [4.69, 9.17) is 16.3 Å². The van der Waals surface area contributed by atoms with E-state index >= 15 is 0 Å². The van der Waals surface area contributed by atoms with Gasteiger partial charge in [0.05, 0.1) is 12.2 Å². The predicted octanol–water partition coefficient (Wildman–Crippen LogP) is 4.63. The van der Waals surface area contributed by atoms with E-state index in [2.05, 4.69) is 25.8 Å². The molecule has 112 valence electrons. The number of carbonyl (C=O) groups excluding carboxylic acids is 1. The van der Waals surface area contributed by atoms with Crippen molar-refractivity contribution in [2.75, 3.05) is 6.61 Å². The Kier molecular flexibility index (Phi) is 5.20. The van der Waals surface area contributed by atoms with Crippen molar-refractivity contribution < 1.29 is 9.53 Å². The van der Waals surface area contributed by atoms with Crippen LogP contribution in [0.3, 0.4) is 0 Å². The molecule has 0 atom stereocenters. The van der Waals surface area contributed by atoms with E-state index in [1.807, 2.05) is 20.8 Å². The van der Waals surface area contributed by atoms with Gasteiger partial charge < -0.3 is 4.74 Å². The molecular formula is C16H24ClNO2. The SMILES string of the molecule is CC(C)(C)CCOC(=O)c1cc(Cl)nc(C(C)(C)C)c1. The monoisotopic (exact) mass is 297 g/mol. The van der Waals surface area contributed by atoms with Gasteiger partial charge in [-0.2, -0.15) is 0 Å². The van der Waals surface area contributed by atoms with E-state index in [0.29, 0.717) is 17.3 Å². The molecule has 1 aromatic heterocycles. The van der Waals surface area contributed by atoms with Gasteiger partial charge in [0.25, 0.3) is 0 Å². The molecule has 0 bridgehead atoms. The summed E-state index contributed by atoms with van der Waals surface area (Å²) in [4.78, 5) is 16.3. The second-order valence-corrected chi connectivity index (χ2v) is 7.65. The summed E-state index contributed by atoms with van der Waals surface area (Å²) < 4.78 is 5.30. The van der Waals surface area contributed by atoms with Crippen molar-refractivity contribution in [1.82, 2.24) is 4.98 Å². The molecule has 0 spiro atoms. The van der Waals surface area contributed by atoms with Crippen molar-refractivity contribution in [3.05, 3.63) is 28.5 Å². The normalized spacial score (nSPS) is 12.3. The lowest BCUT2D eigenvalue weighted by molar-refractivity contribution is 0.0464. The Morgan fingerprint density at radius 2 is 1.80 bits per heavy atom. The summed E-state index contributed by atoms with van der Waals surface area (Å²) in [5.41, 5.74) is 1.23. The van der Waals surface area contributed by atoms with Crippen LogP contribution in [0.25, 0.3) is 0 Å². The molecule has 0 radical (unpaired) electrons. The molecule has 0 aliphatic carbocycles. The third kappa shape index (κ3) is 5.49. The maximum absolute atomic E-state index is 12.1. The smallest absolute Gasteiger partial charge is 0.338 e. The van der Waals surface area contributed by atoms with E-state index in [-0.39, 0.29) is 16.8 Å². The summed E-state index contributed by atoms with van der Waals surface area (Å²) in [6.07, 6.45) is 0.823.